The van der Waals surface area contributed by atoms with Gasteiger partial charge in [-0.1, -0.05) is 18.0 Å². The molecule has 0 radical (unpaired) electrons. The summed E-state index contributed by atoms with van der Waals surface area (Å²) < 4.78 is 0. The minimum Gasteiger partial charge on any atom is -0.397 e. The van der Waals surface area contributed by atoms with Crippen molar-refractivity contribution in [2.75, 3.05) is 25.4 Å². The largest absolute Gasteiger partial charge is 0.397 e. The Kier molecular flexibility index (Phi) is 5.82. The number of carbonyl (C=O) groups excluding carboxylic acids is 1. The molecule has 0 aliphatic carbocycles. The first-order chi connectivity index (χ1) is 10.1. The van der Waals surface area contributed by atoms with E-state index >= 15 is 0 Å². The molecular weight excluding hydrogens is 288 g/mol. The molecule has 1 fully saturated rings. The summed E-state index contributed by atoms with van der Waals surface area (Å²) in [6.45, 7) is 5.09. The molecule has 1 amide bonds. The molecule has 5 nitrogen and oxygen atoms in total. The van der Waals surface area contributed by atoms with Crippen molar-refractivity contribution in [3.8, 4) is 0 Å². The predicted molar refractivity (Wildman–Crippen MR) is 85.5 cm³/mol. The summed E-state index contributed by atoms with van der Waals surface area (Å²) in [7, 11) is 0. The van der Waals surface area contributed by atoms with E-state index < -0.39 is 0 Å². The number of nitrogens with zero attached hydrogens (tertiary/aromatic N) is 2. The molecule has 3 N–H and O–H groups in total. The number of pyridine rings is 1. The lowest BCUT2D eigenvalue weighted by Crippen LogP contribution is -2.39. The van der Waals surface area contributed by atoms with Crippen molar-refractivity contribution in [3.05, 3.63) is 23.0 Å². The molecule has 116 valence electrons. The number of hydrogen-bond acceptors (Lipinski definition) is 4. The molecule has 1 saturated heterocycles. The van der Waals surface area contributed by atoms with E-state index in [9.17, 15) is 4.79 Å². The number of aromatic nitrogens is 1. The SMILES string of the molecule is CC1CCCCN1CCCNC(=O)c1cc(N)cnc1Cl. The van der Waals surface area contributed by atoms with Crippen LogP contribution >= 0.6 is 11.6 Å². The second kappa shape index (κ2) is 7.61. The number of halogens is 1. The van der Waals surface area contributed by atoms with Crippen LogP contribution in [0.1, 0.15) is 43.0 Å². The number of nitrogen functional groups attached to an aromatic ring is 1. The van der Waals surface area contributed by atoms with Gasteiger partial charge in [0.2, 0.25) is 0 Å². The van der Waals surface area contributed by atoms with Crippen molar-refractivity contribution < 1.29 is 4.79 Å². The highest BCUT2D eigenvalue weighted by molar-refractivity contribution is 6.32. The third kappa shape index (κ3) is 4.58. The highest BCUT2D eigenvalue weighted by Gasteiger charge is 2.17. The summed E-state index contributed by atoms with van der Waals surface area (Å²) in [5.74, 6) is -0.216. The molecule has 1 aliphatic heterocycles. The van der Waals surface area contributed by atoms with Gasteiger partial charge in [0.15, 0.2) is 0 Å². The summed E-state index contributed by atoms with van der Waals surface area (Å²) in [5, 5.41) is 3.06. The minimum absolute atomic E-state index is 0.186. The number of piperidine rings is 1. The number of nitrogens with one attached hydrogen (secondary N) is 1. The Hall–Kier alpha value is -1.33. The molecule has 0 spiro atoms. The lowest BCUT2D eigenvalue weighted by Gasteiger charge is -2.33. The average molecular weight is 311 g/mol. The molecule has 21 heavy (non-hydrogen) atoms. The maximum Gasteiger partial charge on any atom is 0.254 e. The highest BCUT2D eigenvalue weighted by Crippen LogP contribution is 2.17. The van der Waals surface area contributed by atoms with E-state index in [1.165, 1.54) is 32.0 Å². The molecule has 0 saturated carbocycles. The summed E-state index contributed by atoms with van der Waals surface area (Å²) >= 11 is 5.91. The normalized spacial score (nSPS) is 19.4. The maximum atomic E-state index is 12.0. The molecule has 0 aromatic carbocycles. The Bertz CT molecular complexity index is 495. The van der Waals surface area contributed by atoms with Crippen LogP contribution < -0.4 is 11.1 Å². The number of amides is 1. The van der Waals surface area contributed by atoms with Crippen molar-refractivity contribution in [1.82, 2.24) is 15.2 Å². The Morgan fingerprint density at radius 3 is 3.14 bits per heavy atom. The Labute approximate surface area is 130 Å². The molecule has 1 aromatic rings. The standard InChI is InChI=1S/C15H23ClN4O/c1-11-5-2-3-7-20(11)8-4-6-18-15(21)13-9-12(17)10-19-14(13)16/h9-11H,2-8,17H2,1H3,(H,18,21). The number of likely N-dealkylation sites (tertiary alicyclic amines) is 1. The van der Waals surface area contributed by atoms with Crippen LogP contribution in [0.2, 0.25) is 5.15 Å². The number of anilines is 1. The quantitative estimate of drug-likeness (QED) is 0.647. The van der Waals surface area contributed by atoms with Crippen molar-refractivity contribution in [2.45, 2.75) is 38.6 Å². The zero-order valence-corrected chi connectivity index (χ0v) is 13.2. The number of rotatable bonds is 5. The summed E-state index contributed by atoms with van der Waals surface area (Å²) in [5.41, 5.74) is 6.40. The molecule has 1 aliphatic rings. The second-order valence-corrected chi connectivity index (χ2v) is 5.96. The Morgan fingerprint density at radius 1 is 1.57 bits per heavy atom. The predicted octanol–water partition coefficient (Wildman–Crippen LogP) is 2.31. The van der Waals surface area contributed by atoms with Crippen LogP contribution in [-0.2, 0) is 0 Å². The first-order valence-corrected chi connectivity index (χ1v) is 7.89. The molecule has 2 rings (SSSR count). The van der Waals surface area contributed by atoms with Gasteiger partial charge in [-0.05, 0) is 38.8 Å². The zero-order chi connectivity index (χ0) is 15.2. The average Bonchev–Trinajstić information content (AvgIpc) is 2.47. The Balaban J connectivity index is 1.75. The van der Waals surface area contributed by atoms with Crippen molar-refractivity contribution in [1.29, 1.82) is 0 Å². The third-order valence-electron chi connectivity index (χ3n) is 3.95. The van der Waals surface area contributed by atoms with E-state index in [0.29, 0.717) is 23.8 Å². The third-order valence-corrected chi connectivity index (χ3v) is 4.25. The van der Waals surface area contributed by atoms with Gasteiger partial charge in [0.05, 0.1) is 17.4 Å². The first kappa shape index (κ1) is 16.0. The van der Waals surface area contributed by atoms with E-state index in [1.807, 2.05) is 0 Å². The van der Waals surface area contributed by atoms with Gasteiger partial charge in [-0.15, -0.1) is 0 Å². The van der Waals surface area contributed by atoms with Gasteiger partial charge in [-0.25, -0.2) is 4.98 Å². The van der Waals surface area contributed by atoms with E-state index in [2.05, 4.69) is 22.1 Å². The zero-order valence-electron chi connectivity index (χ0n) is 12.4. The van der Waals surface area contributed by atoms with E-state index in [-0.39, 0.29) is 11.1 Å². The van der Waals surface area contributed by atoms with Crippen molar-refractivity contribution in [3.63, 3.8) is 0 Å². The molecule has 1 aromatic heterocycles. The topological polar surface area (TPSA) is 71.2 Å². The van der Waals surface area contributed by atoms with Gasteiger partial charge >= 0.3 is 0 Å². The van der Waals surface area contributed by atoms with Crippen LogP contribution in [0, 0.1) is 0 Å². The maximum absolute atomic E-state index is 12.0. The minimum atomic E-state index is -0.216. The number of carbonyl (C=O) groups is 1. The van der Waals surface area contributed by atoms with Crippen LogP contribution in [0.15, 0.2) is 12.3 Å². The fourth-order valence-corrected chi connectivity index (χ4v) is 2.88. The smallest absolute Gasteiger partial charge is 0.254 e. The molecule has 2 heterocycles. The number of hydrogen-bond donors (Lipinski definition) is 2. The molecule has 1 atom stereocenters. The van der Waals surface area contributed by atoms with E-state index in [4.69, 9.17) is 17.3 Å². The Morgan fingerprint density at radius 2 is 2.38 bits per heavy atom. The van der Waals surface area contributed by atoms with Crippen LogP contribution in [0.5, 0.6) is 0 Å². The summed E-state index contributed by atoms with van der Waals surface area (Å²) in [6.07, 6.45) is 6.26. The molecule has 6 heteroatoms. The summed E-state index contributed by atoms with van der Waals surface area (Å²) in [6, 6.07) is 2.21. The lowest BCUT2D eigenvalue weighted by molar-refractivity contribution is 0.0948. The van der Waals surface area contributed by atoms with Crippen molar-refractivity contribution in [2.24, 2.45) is 0 Å². The molecule has 0 bridgehead atoms. The monoisotopic (exact) mass is 310 g/mol. The van der Waals surface area contributed by atoms with E-state index in [1.54, 1.807) is 6.07 Å². The molecule has 1 unspecified atom stereocenters. The van der Waals surface area contributed by atoms with E-state index in [0.717, 1.165) is 13.0 Å². The van der Waals surface area contributed by atoms with Crippen LogP contribution in [-0.4, -0.2) is 41.5 Å². The lowest BCUT2D eigenvalue weighted by atomic mass is 10.0. The highest BCUT2D eigenvalue weighted by atomic mass is 35.5. The summed E-state index contributed by atoms with van der Waals surface area (Å²) in [4.78, 5) is 18.4. The van der Waals surface area contributed by atoms with Gasteiger partial charge in [-0.2, -0.15) is 0 Å². The van der Waals surface area contributed by atoms with Gasteiger partial charge < -0.3 is 16.0 Å². The van der Waals surface area contributed by atoms with Crippen LogP contribution in [0.4, 0.5) is 5.69 Å². The van der Waals surface area contributed by atoms with Gasteiger partial charge in [-0.3, -0.25) is 4.79 Å². The fraction of sp³-hybridized carbons (Fsp3) is 0.600. The van der Waals surface area contributed by atoms with Crippen LogP contribution in [0.3, 0.4) is 0 Å². The van der Waals surface area contributed by atoms with Crippen molar-refractivity contribution >= 4 is 23.2 Å². The van der Waals surface area contributed by atoms with Crippen LogP contribution in [0.25, 0.3) is 0 Å². The second-order valence-electron chi connectivity index (χ2n) is 5.60. The number of nitrogens with two attached hydrogens (primary N) is 1. The van der Waals surface area contributed by atoms with Gasteiger partial charge in [0.1, 0.15) is 5.15 Å². The molecular formula is C15H23ClN4O. The van der Waals surface area contributed by atoms with Gasteiger partial charge in [0.25, 0.3) is 5.91 Å². The first-order valence-electron chi connectivity index (χ1n) is 7.51. The fourth-order valence-electron chi connectivity index (χ4n) is 2.69. The van der Waals surface area contributed by atoms with Gasteiger partial charge in [0, 0.05) is 19.1 Å².